The number of fused-ring (bicyclic) bond motifs is 3. The van der Waals surface area contributed by atoms with E-state index >= 15 is 0 Å². The Bertz CT molecular complexity index is 1060. The van der Waals surface area contributed by atoms with Crippen molar-refractivity contribution in [2.75, 3.05) is 0 Å². The Hall–Kier alpha value is -3.40. The molecule has 3 aromatic rings. The summed E-state index contributed by atoms with van der Waals surface area (Å²) in [6.07, 6.45) is 0.973. The number of amides is 1. The minimum Gasteiger partial charge on any atom is -0.478 e. The number of aliphatic carboxylic acids is 1. The van der Waals surface area contributed by atoms with Crippen molar-refractivity contribution in [1.82, 2.24) is 0 Å². The standard InChI is InChI=1S/C20H13NO3/c21-17(22)10-16(20(23)24)14-8-3-7-13-12-6-1-4-11-5-2-9-15(18(11)12)19(13)14/h1-10H,(H2,21,22)(H,23,24)/b16-10+. The van der Waals surface area contributed by atoms with Crippen molar-refractivity contribution < 1.29 is 14.7 Å². The SMILES string of the molecule is NC(=O)/C=C(/C(=O)O)c1cccc2c1-c1cccc3cccc-2c13. The first-order valence-corrected chi connectivity index (χ1v) is 7.48. The Morgan fingerprint density at radius 1 is 0.875 bits per heavy atom. The molecule has 0 bridgehead atoms. The van der Waals surface area contributed by atoms with E-state index in [1.54, 1.807) is 12.1 Å². The molecule has 0 heterocycles. The summed E-state index contributed by atoms with van der Waals surface area (Å²) in [5.74, 6) is -1.95. The molecular formula is C20H13NO3. The van der Waals surface area contributed by atoms with Gasteiger partial charge in [0.05, 0.1) is 5.57 Å². The molecule has 0 fully saturated rings. The highest BCUT2D eigenvalue weighted by molar-refractivity contribution is 6.25. The second-order valence-electron chi connectivity index (χ2n) is 5.70. The van der Waals surface area contributed by atoms with E-state index in [0.717, 1.165) is 39.1 Å². The molecule has 0 aliphatic heterocycles. The molecule has 24 heavy (non-hydrogen) atoms. The largest absolute Gasteiger partial charge is 0.478 e. The quantitative estimate of drug-likeness (QED) is 0.568. The number of benzene rings is 3. The lowest BCUT2D eigenvalue weighted by Gasteiger charge is -2.10. The lowest BCUT2D eigenvalue weighted by molar-refractivity contribution is -0.130. The smallest absolute Gasteiger partial charge is 0.336 e. The van der Waals surface area contributed by atoms with E-state index in [-0.39, 0.29) is 5.57 Å². The Kier molecular flexibility index (Phi) is 3.00. The van der Waals surface area contributed by atoms with Crippen LogP contribution in [-0.4, -0.2) is 17.0 Å². The van der Waals surface area contributed by atoms with E-state index in [9.17, 15) is 14.7 Å². The predicted molar refractivity (Wildman–Crippen MR) is 93.2 cm³/mol. The van der Waals surface area contributed by atoms with Crippen molar-refractivity contribution in [1.29, 1.82) is 0 Å². The molecule has 116 valence electrons. The molecule has 0 radical (unpaired) electrons. The average molecular weight is 315 g/mol. The highest BCUT2D eigenvalue weighted by Gasteiger charge is 2.26. The molecule has 4 heteroatoms. The molecule has 0 spiro atoms. The van der Waals surface area contributed by atoms with E-state index in [1.165, 1.54) is 0 Å². The number of carbonyl (C=O) groups is 2. The van der Waals surface area contributed by atoms with E-state index in [0.29, 0.717) is 5.56 Å². The van der Waals surface area contributed by atoms with Gasteiger partial charge in [-0.3, -0.25) is 4.79 Å². The molecular weight excluding hydrogens is 302 g/mol. The molecule has 4 nitrogen and oxygen atoms in total. The van der Waals surface area contributed by atoms with Gasteiger partial charge in [0.2, 0.25) is 5.91 Å². The third kappa shape index (κ3) is 1.93. The van der Waals surface area contributed by atoms with Gasteiger partial charge in [0.1, 0.15) is 0 Å². The second-order valence-corrected chi connectivity index (χ2v) is 5.70. The fourth-order valence-corrected chi connectivity index (χ4v) is 3.46. The van der Waals surface area contributed by atoms with Gasteiger partial charge in [0, 0.05) is 6.08 Å². The molecule has 0 aromatic heterocycles. The highest BCUT2D eigenvalue weighted by Crippen LogP contribution is 2.49. The van der Waals surface area contributed by atoms with Crippen molar-refractivity contribution in [2.24, 2.45) is 5.73 Å². The first kappa shape index (κ1) is 14.2. The lowest BCUT2D eigenvalue weighted by atomic mass is 9.93. The molecule has 0 atom stereocenters. The van der Waals surface area contributed by atoms with Crippen LogP contribution in [-0.2, 0) is 9.59 Å². The molecule has 1 aliphatic rings. The van der Waals surface area contributed by atoms with Gasteiger partial charge in [-0.25, -0.2) is 4.79 Å². The molecule has 0 unspecified atom stereocenters. The van der Waals surface area contributed by atoms with Crippen molar-refractivity contribution in [3.05, 3.63) is 66.2 Å². The molecule has 0 saturated heterocycles. The van der Waals surface area contributed by atoms with Gasteiger partial charge in [-0.15, -0.1) is 0 Å². The number of nitrogens with two attached hydrogens (primary N) is 1. The fourth-order valence-electron chi connectivity index (χ4n) is 3.46. The highest BCUT2D eigenvalue weighted by atomic mass is 16.4. The Labute approximate surface area is 137 Å². The van der Waals surface area contributed by atoms with Crippen LogP contribution < -0.4 is 5.73 Å². The van der Waals surface area contributed by atoms with Gasteiger partial charge in [-0.1, -0.05) is 54.6 Å². The van der Waals surface area contributed by atoms with Crippen LogP contribution in [0.5, 0.6) is 0 Å². The summed E-state index contributed by atoms with van der Waals surface area (Å²) >= 11 is 0. The van der Waals surface area contributed by atoms with Gasteiger partial charge >= 0.3 is 5.97 Å². The van der Waals surface area contributed by atoms with Crippen LogP contribution in [0.1, 0.15) is 5.56 Å². The molecule has 1 amide bonds. The van der Waals surface area contributed by atoms with E-state index < -0.39 is 11.9 Å². The first-order valence-electron chi connectivity index (χ1n) is 7.48. The third-order valence-electron chi connectivity index (χ3n) is 4.34. The molecule has 0 saturated carbocycles. The first-order chi connectivity index (χ1) is 11.6. The normalized spacial score (nSPS) is 12.2. The third-order valence-corrected chi connectivity index (χ3v) is 4.34. The number of carboxylic acids is 1. The number of carbonyl (C=O) groups excluding carboxylic acids is 1. The summed E-state index contributed by atoms with van der Waals surface area (Å²) in [7, 11) is 0. The van der Waals surface area contributed by atoms with Gasteiger partial charge in [0.25, 0.3) is 0 Å². The maximum atomic E-state index is 11.7. The summed E-state index contributed by atoms with van der Waals surface area (Å²) in [4.78, 5) is 23.0. The molecule has 3 aromatic carbocycles. The van der Waals surface area contributed by atoms with Crippen LogP contribution in [0.4, 0.5) is 0 Å². The zero-order valence-electron chi connectivity index (χ0n) is 12.6. The van der Waals surface area contributed by atoms with Gasteiger partial charge in [0.15, 0.2) is 0 Å². The van der Waals surface area contributed by atoms with E-state index in [1.807, 2.05) is 42.5 Å². The number of carboxylic acid groups (broad SMARTS) is 1. The Balaban J connectivity index is 2.10. The predicted octanol–water partition coefficient (Wildman–Crippen LogP) is 3.44. The zero-order chi connectivity index (χ0) is 16.8. The van der Waals surface area contributed by atoms with Gasteiger partial charge < -0.3 is 10.8 Å². The number of hydrogen-bond acceptors (Lipinski definition) is 2. The number of rotatable bonds is 3. The molecule has 1 aliphatic carbocycles. The zero-order valence-corrected chi connectivity index (χ0v) is 12.6. The van der Waals surface area contributed by atoms with Crippen molar-refractivity contribution in [3.8, 4) is 22.3 Å². The minimum atomic E-state index is -1.18. The molecule has 3 N–H and O–H groups in total. The summed E-state index contributed by atoms with van der Waals surface area (Å²) in [6, 6.07) is 17.5. The van der Waals surface area contributed by atoms with Crippen molar-refractivity contribution in [2.45, 2.75) is 0 Å². The summed E-state index contributed by atoms with van der Waals surface area (Å²) < 4.78 is 0. The van der Waals surface area contributed by atoms with Crippen LogP contribution in [0.2, 0.25) is 0 Å². The lowest BCUT2D eigenvalue weighted by Crippen LogP contribution is -2.11. The minimum absolute atomic E-state index is 0.0934. The average Bonchev–Trinajstić information content (AvgIpc) is 2.89. The summed E-state index contributed by atoms with van der Waals surface area (Å²) in [6.45, 7) is 0. The van der Waals surface area contributed by atoms with E-state index in [4.69, 9.17) is 5.73 Å². The van der Waals surface area contributed by atoms with Crippen LogP contribution in [0.15, 0.2) is 60.7 Å². The van der Waals surface area contributed by atoms with E-state index in [2.05, 4.69) is 0 Å². The monoisotopic (exact) mass is 315 g/mol. The number of hydrogen-bond donors (Lipinski definition) is 2. The van der Waals surface area contributed by atoms with Crippen LogP contribution in [0, 0.1) is 0 Å². The maximum Gasteiger partial charge on any atom is 0.336 e. The van der Waals surface area contributed by atoms with Gasteiger partial charge in [-0.2, -0.15) is 0 Å². The van der Waals surface area contributed by atoms with Crippen molar-refractivity contribution in [3.63, 3.8) is 0 Å². The fraction of sp³-hybridized carbons (Fsp3) is 0. The number of primary amides is 1. The molecule has 4 rings (SSSR count). The topological polar surface area (TPSA) is 80.4 Å². The van der Waals surface area contributed by atoms with Crippen LogP contribution >= 0.6 is 0 Å². The van der Waals surface area contributed by atoms with Crippen molar-refractivity contribution >= 4 is 28.2 Å². The van der Waals surface area contributed by atoms with Gasteiger partial charge in [-0.05, 0) is 38.6 Å². The summed E-state index contributed by atoms with van der Waals surface area (Å²) in [5, 5.41) is 11.7. The Morgan fingerprint density at radius 2 is 1.50 bits per heavy atom. The summed E-state index contributed by atoms with van der Waals surface area (Å²) in [5.41, 5.74) is 9.46. The van der Waals surface area contributed by atoms with Crippen LogP contribution in [0.25, 0.3) is 38.6 Å². The Morgan fingerprint density at radius 3 is 2.17 bits per heavy atom. The van der Waals surface area contributed by atoms with Crippen LogP contribution in [0.3, 0.4) is 0 Å². The second kappa shape index (κ2) is 5.06. The maximum absolute atomic E-state index is 11.7.